The number of benzene rings is 2. The summed E-state index contributed by atoms with van der Waals surface area (Å²) in [4.78, 5) is 40.5. The number of fused-ring (bicyclic) bond motifs is 3. The molecule has 1 amide bonds. The van der Waals surface area contributed by atoms with E-state index in [-0.39, 0.29) is 29.7 Å². The van der Waals surface area contributed by atoms with Crippen LogP contribution in [0.25, 0.3) is 16.9 Å². The molecular formula is C27H25FN2O7. The quantitative estimate of drug-likeness (QED) is 0.392. The molecule has 37 heavy (non-hydrogen) atoms. The minimum Gasteiger partial charge on any atom is -0.508 e. The highest BCUT2D eigenvalue weighted by molar-refractivity contribution is 6.24. The van der Waals surface area contributed by atoms with Crippen LogP contribution in [0.2, 0.25) is 0 Å². The predicted molar refractivity (Wildman–Crippen MR) is 130 cm³/mol. The predicted octanol–water partition coefficient (Wildman–Crippen LogP) is 1.77. The minimum atomic E-state index is -2.69. The summed E-state index contributed by atoms with van der Waals surface area (Å²) in [5, 5.41) is 44.4. The van der Waals surface area contributed by atoms with E-state index >= 15 is 0 Å². The largest absolute Gasteiger partial charge is 0.508 e. The van der Waals surface area contributed by atoms with E-state index in [0.717, 1.165) is 0 Å². The van der Waals surface area contributed by atoms with Crippen molar-refractivity contribution in [2.75, 3.05) is 14.1 Å². The molecule has 6 N–H and O–H groups in total. The second kappa shape index (κ2) is 8.25. The molecule has 1 fully saturated rings. The van der Waals surface area contributed by atoms with Crippen molar-refractivity contribution in [3.63, 3.8) is 0 Å². The van der Waals surface area contributed by atoms with Gasteiger partial charge in [-0.2, -0.15) is 0 Å². The Morgan fingerprint density at radius 2 is 1.73 bits per heavy atom. The Kier molecular flexibility index (Phi) is 5.50. The monoisotopic (exact) mass is 508 g/mol. The first kappa shape index (κ1) is 24.7. The number of phenolic OH excluding ortho intramolecular Hbond substituents is 1. The van der Waals surface area contributed by atoms with Crippen molar-refractivity contribution in [2.24, 2.45) is 17.6 Å². The molecule has 0 aliphatic heterocycles. The number of aromatic hydroxyl groups is 1. The highest BCUT2D eigenvalue weighted by atomic mass is 19.1. The maximum atomic E-state index is 13.8. The molecule has 0 heterocycles. The number of halogens is 1. The standard InChI is InChI=1S/C27H25FN2O7/c1-30(2)21-16-10-12-9-15-14(11-3-5-13(28)6-4-11)7-8-17(31)19(15)22(32)18(12)24(34)27(16,37)25(35)20(23(21)33)26(29)36/h3-8,12,16,21,31-32,35,37H,9-10H2,1-2H3,(H2,29,36)/t12-,16-,21-,27-/m1/s1. The summed E-state index contributed by atoms with van der Waals surface area (Å²) in [5.74, 6) is -7.46. The van der Waals surface area contributed by atoms with Gasteiger partial charge in [-0.25, -0.2) is 4.39 Å². The number of phenols is 1. The third-order valence-electron chi connectivity index (χ3n) is 7.76. The summed E-state index contributed by atoms with van der Waals surface area (Å²) in [5.41, 5.74) is 3.28. The second-order valence-corrected chi connectivity index (χ2v) is 9.95. The highest BCUT2D eigenvalue weighted by Gasteiger charge is 2.64. The van der Waals surface area contributed by atoms with Crippen molar-refractivity contribution in [3.8, 4) is 16.9 Å². The molecule has 0 unspecified atom stereocenters. The molecule has 3 aliphatic rings. The summed E-state index contributed by atoms with van der Waals surface area (Å²) in [6.07, 6.45) is 0.139. The Balaban J connectivity index is 1.74. The number of carbonyl (C=O) groups excluding carboxylic acids is 3. The number of aliphatic hydroxyl groups excluding tert-OH is 2. The zero-order valence-corrected chi connectivity index (χ0v) is 20.0. The van der Waals surface area contributed by atoms with Gasteiger partial charge in [0, 0.05) is 11.5 Å². The summed E-state index contributed by atoms with van der Waals surface area (Å²) >= 11 is 0. The van der Waals surface area contributed by atoms with Gasteiger partial charge in [0.05, 0.1) is 11.6 Å². The van der Waals surface area contributed by atoms with Crippen LogP contribution in [0.1, 0.15) is 17.5 Å². The van der Waals surface area contributed by atoms with Crippen molar-refractivity contribution in [2.45, 2.75) is 24.5 Å². The summed E-state index contributed by atoms with van der Waals surface area (Å²) in [6, 6.07) is 7.48. The number of likely N-dealkylation sites (N-methyl/N-ethyl adjacent to an activating group) is 1. The molecule has 9 nitrogen and oxygen atoms in total. The number of hydrogen-bond donors (Lipinski definition) is 5. The topological polar surface area (TPSA) is 161 Å². The summed E-state index contributed by atoms with van der Waals surface area (Å²) < 4.78 is 13.5. The molecule has 10 heteroatoms. The molecular weight excluding hydrogens is 483 g/mol. The third-order valence-corrected chi connectivity index (χ3v) is 7.76. The summed E-state index contributed by atoms with van der Waals surface area (Å²) in [6.45, 7) is 0. The number of nitrogens with two attached hydrogens (primary N) is 1. The number of amides is 1. The Hall–Kier alpha value is -4.02. The van der Waals surface area contributed by atoms with Crippen molar-refractivity contribution < 1.29 is 39.2 Å². The van der Waals surface area contributed by atoms with E-state index in [2.05, 4.69) is 0 Å². The van der Waals surface area contributed by atoms with Gasteiger partial charge in [-0.15, -0.1) is 0 Å². The van der Waals surface area contributed by atoms with Gasteiger partial charge in [0.2, 0.25) is 5.78 Å². The SMILES string of the molecule is CN(C)[C@H]1C(=O)C(C(N)=O)=C(O)[C@]2(O)C(=O)C3=C(O)c4c(O)ccc(-c5ccc(F)cc5)c4C[C@@H]3C[C@H]12. The van der Waals surface area contributed by atoms with Gasteiger partial charge in [0.1, 0.15) is 28.7 Å². The van der Waals surface area contributed by atoms with Crippen LogP contribution in [0.4, 0.5) is 4.39 Å². The van der Waals surface area contributed by atoms with E-state index in [1.165, 1.54) is 37.2 Å². The molecule has 1 saturated carbocycles. The van der Waals surface area contributed by atoms with Crippen molar-refractivity contribution in [1.29, 1.82) is 0 Å². The van der Waals surface area contributed by atoms with Gasteiger partial charge in [-0.05, 0) is 67.7 Å². The van der Waals surface area contributed by atoms with Gasteiger partial charge in [-0.3, -0.25) is 19.3 Å². The normalized spacial score (nSPS) is 27.2. The first-order valence-corrected chi connectivity index (χ1v) is 11.6. The number of Topliss-reactive ketones (excluding diaryl/α,β-unsaturated/α-hetero) is 2. The van der Waals surface area contributed by atoms with Gasteiger partial charge in [0.25, 0.3) is 5.91 Å². The van der Waals surface area contributed by atoms with E-state index in [1.807, 2.05) is 0 Å². The number of hydrogen-bond acceptors (Lipinski definition) is 8. The van der Waals surface area contributed by atoms with Gasteiger partial charge >= 0.3 is 0 Å². The van der Waals surface area contributed by atoms with Crippen molar-refractivity contribution in [1.82, 2.24) is 4.90 Å². The lowest BCUT2D eigenvalue weighted by Crippen LogP contribution is -2.65. The Labute approximate surface area is 210 Å². The second-order valence-electron chi connectivity index (χ2n) is 9.95. The molecule has 0 bridgehead atoms. The Morgan fingerprint density at radius 3 is 2.32 bits per heavy atom. The molecule has 4 atom stereocenters. The highest BCUT2D eigenvalue weighted by Crippen LogP contribution is 2.53. The van der Waals surface area contributed by atoms with Crippen LogP contribution in [0, 0.1) is 17.7 Å². The smallest absolute Gasteiger partial charge is 0.255 e. The van der Waals surface area contributed by atoms with Crippen LogP contribution in [0.15, 0.2) is 53.3 Å². The average Bonchev–Trinajstić information content (AvgIpc) is 2.82. The number of rotatable bonds is 3. The molecule has 5 rings (SSSR count). The molecule has 192 valence electrons. The first-order chi connectivity index (χ1) is 17.4. The zero-order valence-electron chi connectivity index (χ0n) is 20.0. The maximum absolute atomic E-state index is 13.8. The van der Waals surface area contributed by atoms with Crippen LogP contribution in [0.3, 0.4) is 0 Å². The molecule has 3 aliphatic carbocycles. The van der Waals surface area contributed by atoms with Crippen molar-refractivity contribution >= 4 is 23.2 Å². The van der Waals surface area contributed by atoms with Crippen LogP contribution in [-0.2, 0) is 20.8 Å². The lowest BCUT2D eigenvalue weighted by atomic mass is 9.57. The van der Waals surface area contributed by atoms with Crippen LogP contribution in [0.5, 0.6) is 5.75 Å². The minimum absolute atomic E-state index is 0.00965. The fourth-order valence-corrected chi connectivity index (χ4v) is 6.14. The van der Waals surface area contributed by atoms with Crippen LogP contribution >= 0.6 is 0 Å². The summed E-state index contributed by atoms with van der Waals surface area (Å²) in [7, 11) is 3.08. The zero-order chi connectivity index (χ0) is 27.0. The molecule has 0 saturated heterocycles. The number of aliphatic hydroxyl groups is 3. The maximum Gasteiger partial charge on any atom is 0.255 e. The number of nitrogens with zero attached hydrogens (tertiary/aromatic N) is 1. The van der Waals surface area contributed by atoms with E-state index in [0.29, 0.717) is 16.7 Å². The van der Waals surface area contributed by atoms with Crippen molar-refractivity contribution in [3.05, 3.63) is 70.2 Å². The molecule has 0 spiro atoms. The fourth-order valence-electron chi connectivity index (χ4n) is 6.14. The first-order valence-electron chi connectivity index (χ1n) is 11.6. The Morgan fingerprint density at radius 1 is 1.08 bits per heavy atom. The third kappa shape index (κ3) is 3.32. The van der Waals surface area contributed by atoms with E-state index in [1.54, 1.807) is 18.2 Å². The van der Waals surface area contributed by atoms with Gasteiger partial charge < -0.3 is 26.2 Å². The lowest BCUT2D eigenvalue weighted by molar-refractivity contribution is -0.153. The Bertz CT molecular complexity index is 1440. The molecule has 0 aromatic heterocycles. The van der Waals surface area contributed by atoms with E-state index in [4.69, 9.17) is 5.73 Å². The van der Waals surface area contributed by atoms with E-state index < -0.39 is 63.9 Å². The lowest BCUT2D eigenvalue weighted by Gasteiger charge is -2.50. The van der Waals surface area contributed by atoms with E-state index in [9.17, 15) is 39.2 Å². The molecule has 2 aromatic carbocycles. The van der Waals surface area contributed by atoms with Crippen LogP contribution in [-0.4, -0.2) is 68.5 Å². The number of ketones is 2. The van der Waals surface area contributed by atoms with Crippen LogP contribution < -0.4 is 5.73 Å². The van der Waals surface area contributed by atoms with Gasteiger partial charge in [-0.1, -0.05) is 18.2 Å². The van der Waals surface area contributed by atoms with Gasteiger partial charge in [0.15, 0.2) is 11.4 Å². The molecule has 2 aromatic rings. The average molecular weight is 509 g/mol. The fraction of sp³-hybridized carbons (Fsp3) is 0.296. The number of carbonyl (C=O) groups is 3. The molecule has 0 radical (unpaired) electrons. The number of primary amides is 1.